The van der Waals surface area contributed by atoms with Gasteiger partial charge in [0.1, 0.15) is 6.54 Å². The monoisotopic (exact) mass is 439 g/mol. The van der Waals surface area contributed by atoms with E-state index in [1.54, 1.807) is 4.68 Å². The van der Waals surface area contributed by atoms with E-state index in [4.69, 9.17) is 0 Å². The predicted molar refractivity (Wildman–Crippen MR) is 132 cm³/mol. The maximum absolute atomic E-state index is 12.8. The van der Waals surface area contributed by atoms with Crippen LogP contribution in [0.3, 0.4) is 0 Å². The molecule has 0 unspecified atom stereocenters. The van der Waals surface area contributed by atoms with E-state index in [1.165, 1.54) is 5.39 Å². The molecule has 33 heavy (non-hydrogen) atoms. The van der Waals surface area contributed by atoms with Crippen molar-refractivity contribution in [3.8, 4) is 22.3 Å². The molecule has 0 aliphatic carbocycles. The van der Waals surface area contributed by atoms with E-state index >= 15 is 0 Å². The van der Waals surface area contributed by atoms with Gasteiger partial charge in [0.2, 0.25) is 5.91 Å². The highest BCUT2D eigenvalue weighted by Gasteiger charge is 2.24. The van der Waals surface area contributed by atoms with Gasteiger partial charge in [0.25, 0.3) is 0 Å². The summed E-state index contributed by atoms with van der Waals surface area (Å²) in [6.45, 7) is 2.35. The highest BCUT2D eigenvalue weighted by molar-refractivity contribution is 5.95. The van der Waals surface area contributed by atoms with Crippen LogP contribution in [0.15, 0.2) is 73.3 Å². The van der Waals surface area contributed by atoms with Crippen LogP contribution in [0.25, 0.3) is 33.0 Å². The Kier molecular flexibility index (Phi) is 5.92. The molecule has 6 nitrogen and oxygen atoms in total. The number of rotatable bonds is 5. The number of hydrogen-bond acceptors (Lipinski definition) is 4. The van der Waals surface area contributed by atoms with Crippen LogP contribution in [0.5, 0.6) is 0 Å². The summed E-state index contributed by atoms with van der Waals surface area (Å²) in [6, 6.07) is 17.1. The fourth-order valence-electron chi connectivity index (χ4n) is 4.62. The fraction of sp³-hybridized carbons (Fsp3) is 0.296. The van der Waals surface area contributed by atoms with Gasteiger partial charge < -0.3 is 9.80 Å². The lowest BCUT2D eigenvalue weighted by atomic mass is 9.99. The van der Waals surface area contributed by atoms with Crippen LogP contribution < -0.4 is 0 Å². The number of aromatic nitrogens is 3. The van der Waals surface area contributed by atoms with Gasteiger partial charge in [-0.2, -0.15) is 5.10 Å². The van der Waals surface area contributed by atoms with Crippen molar-refractivity contribution in [2.75, 3.05) is 27.2 Å². The van der Waals surface area contributed by atoms with Gasteiger partial charge in [0.15, 0.2) is 0 Å². The molecule has 1 saturated heterocycles. The molecule has 5 rings (SSSR count). The molecule has 168 valence electrons. The van der Waals surface area contributed by atoms with Crippen LogP contribution in [0.1, 0.15) is 12.8 Å². The summed E-state index contributed by atoms with van der Waals surface area (Å²) in [5, 5.41) is 6.77. The lowest BCUT2D eigenvalue weighted by Crippen LogP contribution is -2.45. The smallest absolute Gasteiger partial charge is 0.244 e. The van der Waals surface area contributed by atoms with Gasteiger partial charge in [0.05, 0.1) is 6.20 Å². The van der Waals surface area contributed by atoms with Crippen molar-refractivity contribution < 1.29 is 4.79 Å². The first-order valence-electron chi connectivity index (χ1n) is 11.5. The molecular formula is C27H29N5O. The normalized spacial score (nSPS) is 15.1. The topological polar surface area (TPSA) is 54.3 Å². The average molecular weight is 440 g/mol. The van der Waals surface area contributed by atoms with E-state index in [2.05, 4.69) is 64.5 Å². The molecule has 1 fully saturated rings. The number of piperidine rings is 1. The van der Waals surface area contributed by atoms with E-state index in [1.807, 2.05) is 42.8 Å². The summed E-state index contributed by atoms with van der Waals surface area (Å²) in [4.78, 5) is 21.4. The standard InChI is InChI=1S/C27H29N5O/c1-30-13-11-24(12-14-30)31(2)27(33)19-32-18-23(16-29-32)20-7-9-21(10-8-20)26-17-28-15-22-5-3-4-6-25(22)26/h3-10,15-18,24H,11-14,19H2,1-2H3. The molecule has 6 heteroatoms. The lowest BCUT2D eigenvalue weighted by molar-refractivity contribution is -0.133. The SMILES string of the molecule is CN1CCC(N(C)C(=O)Cn2cc(-c3ccc(-c4cncc5ccccc45)cc3)cn2)CC1. The van der Waals surface area contributed by atoms with E-state index < -0.39 is 0 Å². The number of amides is 1. The van der Waals surface area contributed by atoms with E-state index in [0.717, 1.165) is 53.6 Å². The number of nitrogens with zero attached hydrogens (tertiary/aromatic N) is 5. The Bertz CT molecular complexity index is 1250. The lowest BCUT2D eigenvalue weighted by Gasteiger charge is -2.35. The van der Waals surface area contributed by atoms with E-state index in [0.29, 0.717) is 6.04 Å². The van der Waals surface area contributed by atoms with Crippen molar-refractivity contribution in [3.63, 3.8) is 0 Å². The molecule has 2 aromatic heterocycles. The summed E-state index contributed by atoms with van der Waals surface area (Å²) in [5.41, 5.74) is 4.34. The average Bonchev–Trinajstić information content (AvgIpc) is 3.32. The van der Waals surface area contributed by atoms with Crippen molar-refractivity contribution >= 4 is 16.7 Å². The minimum atomic E-state index is 0.109. The number of fused-ring (bicyclic) bond motifs is 1. The molecule has 0 saturated carbocycles. The predicted octanol–water partition coefficient (Wildman–Crippen LogP) is 4.32. The molecule has 0 bridgehead atoms. The Hall–Kier alpha value is -3.51. The number of benzene rings is 2. The maximum Gasteiger partial charge on any atom is 0.244 e. The van der Waals surface area contributed by atoms with Gasteiger partial charge >= 0.3 is 0 Å². The number of pyridine rings is 1. The Balaban J connectivity index is 1.28. The van der Waals surface area contributed by atoms with Crippen molar-refractivity contribution in [3.05, 3.63) is 73.3 Å². The molecular weight excluding hydrogens is 410 g/mol. The molecule has 1 aliphatic rings. The van der Waals surface area contributed by atoms with Gasteiger partial charge in [-0.05, 0) is 49.5 Å². The van der Waals surface area contributed by atoms with Gasteiger partial charge in [-0.25, -0.2) is 0 Å². The molecule has 4 aromatic rings. The van der Waals surface area contributed by atoms with Crippen molar-refractivity contribution in [2.45, 2.75) is 25.4 Å². The molecule has 0 spiro atoms. The number of carbonyl (C=O) groups is 1. The van der Waals surface area contributed by atoms with E-state index in [9.17, 15) is 4.79 Å². The van der Waals surface area contributed by atoms with Gasteiger partial charge in [-0.3, -0.25) is 14.5 Å². The third-order valence-corrected chi connectivity index (χ3v) is 6.76. The zero-order valence-electron chi connectivity index (χ0n) is 19.2. The maximum atomic E-state index is 12.8. The van der Waals surface area contributed by atoms with Crippen LogP contribution in [0, 0.1) is 0 Å². The molecule has 1 aliphatic heterocycles. The molecule has 0 radical (unpaired) electrons. The number of likely N-dealkylation sites (N-methyl/N-ethyl adjacent to an activating group) is 1. The summed E-state index contributed by atoms with van der Waals surface area (Å²) in [5.74, 6) is 0.109. The Labute approximate surface area is 194 Å². The van der Waals surface area contributed by atoms with Crippen LogP contribution in [0.2, 0.25) is 0 Å². The molecule has 0 N–H and O–H groups in total. The van der Waals surface area contributed by atoms with Crippen molar-refractivity contribution in [2.24, 2.45) is 0 Å². The first kappa shape index (κ1) is 21.3. The second-order valence-electron chi connectivity index (χ2n) is 8.95. The van der Waals surface area contributed by atoms with Crippen molar-refractivity contribution in [1.29, 1.82) is 0 Å². The number of carbonyl (C=O) groups excluding carboxylic acids is 1. The van der Waals surface area contributed by atoms with Crippen LogP contribution >= 0.6 is 0 Å². The Morgan fingerprint density at radius 1 is 0.970 bits per heavy atom. The number of likely N-dealkylation sites (tertiary alicyclic amines) is 1. The van der Waals surface area contributed by atoms with Gasteiger partial charge in [0, 0.05) is 48.2 Å². The second-order valence-corrected chi connectivity index (χ2v) is 8.95. The van der Waals surface area contributed by atoms with Crippen molar-refractivity contribution in [1.82, 2.24) is 24.6 Å². The largest absolute Gasteiger partial charge is 0.341 e. The highest BCUT2D eigenvalue weighted by atomic mass is 16.2. The first-order chi connectivity index (χ1) is 16.1. The van der Waals surface area contributed by atoms with Gasteiger partial charge in [-0.15, -0.1) is 0 Å². The third kappa shape index (κ3) is 4.52. The van der Waals surface area contributed by atoms with E-state index in [-0.39, 0.29) is 12.5 Å². The molecule has 3 heterocycles. The number of hydrogen-bond donors (Lipinski definition) is 0. The summed E-state index contributed by atoms with van der Waals surface area (Å²) < 4.78 is 1.74. The van der Waals surface area contributed by atoms with Crippen LogP contribution in [0.4, 0.5) is 0 Å². The first-order valence-corrected chi connectivity index (χ1v) is 11.5. The van der Waals surface area contributed by atoms with Crippen LogP contribution in [-0.4, -0.2) is 63.7 Å². The zero-order valence-corrected chi connectivity index (χ0v) is 19.2. The summed E-state index contributed by atoms with van der Waals surface area (Å²) in [6.07, 6.45) is 9.66. The van der Waals surface area contributed by atoms with Gasteiger partial charge in [-0.1, -0.05) is 48.5 Å². The minimum Gasteiger partial charge on any atom is -0.341 e. The molecule has 0 atom stereocenters. The summed E-state index contributed by atoms with van der Waals surface area (Å²) in [7, 11) is 4.05. The second kappa shape index (κ2) is 9.16. The summed E-state index contributed by atoms with van der Waals surface area (Å²) >= 11 is 0. The highest BCUT2D eigenvalue weighted by Crippen LogP contribution is 2.29. The third-order valence-electron chi connectivity index (χ3n) is 6.76. The quantitative estimate of drug-likeness (QED) is 0.465. The zero-order chi connectivity index (χ0) is 22.8. The fourth-order valence-corrected chi connectivity index (χ4v) is 4.62. The Morgan fingerprint density at radius 2 is 1.70 bits per heavy atom. The molecule has 1 amide bonds. The van der Waals surface area contributed by atoms with Crippen LogP contribution in [-0.2, 0) is 11.3 Å². The Morgan fingerprint density at radius 3 is 2.48 bits per heavy atom. The minimum absolute atomic E-state index is 0.109. The molecule has 2 aromatic carbocycles.